The van der Waals surface area contributed by atoms with Crippen LogP contribution in [0.15, 0.2) is 48.5 Å². The van der Waals surface area contributed by atoms with Gasteiger partial charge in [0.15, 0.2) is 0 Å². The molecule has 2 aromatic carbocycles. The molecule has 0 aliphatic carbocycles. The molecule has 2 nitrogen and oxygen atoms in total. The Morgan fingerprint density at radius 2 is 1.89 bits per heavy atom. The molecule has 1 aliphatic rings. The molecule has 1 amide bonds. The number of nitrogens with zero attached hydrogens (tertiary/aromatic N) is 1. The van der Waals surface area contributed by atoms with Gasteiger partial charge in [-0.05, 0) is 48.2 Å². The molecule has 1 saturated heterocycles. The van der Waals surface area contributed by atoms with E-state index in [4.69, 9.17) is 0 Å². The maximum Gasteiger partial charge on any atom is 0.416 e. The van der Waals surface area contributed by atoms with Crippen molar-refractivity contribution >= 4 is 17.7 Å². The smallest absolute Gasteiger partial charge is 0.322 e. The number of alkyl halides is 3. The van der Waals surface area contributed by atoms with Crippen LogP contribution < -0.4 is 0 Å². The summed E-state index contributed by atoms with van der Waals surface area (Å²) in [5, 5.41) is -0.390. The van der Waals surface area contributed by atoms with Crippen LogP contribution in [0.1, 0.15) is 58.6 Å². The minimum absolute atomic E-state index is 0.132. The lowest BCUT2D eigenvalue weighted by Gasteiger charge is -2.25. The molecular formula is C22H24F3NOS. The molecule has 0 aromatic heterocycles. The lowest BCUT2D eigenvalue weighted by atomic mass is 10.0. The highest BCUT2D eigenvalue weighted by Gasteiger charge is 2.34. The lowest BCUT2D eigenvalue weighted by Crippen LogP contribution is -2.30. The summed E-state index contributed by atoms with van der Waals surface area (Å²) in [5.41, 5.74) is 1.62. The van der Waals surface area contributed by atoms with E-state index in [0.717, 1.165) is 25.0 Å². The summed E-state index contributed by atoms with van der Waals surface area (Å²) in [6.07, 6.45) is 0.0884. The van der Waals surface area contributed by atoms with Crippen molar-refractivity contribution < 1.29 is 18.0 Å². The molecule has 1 atom stereocenters. The van der Waals surface area contributed by atoms with Crippen molar-refractivity contribution in [3.05, 3.63) is 70.8 Å². The number of carbonyl (C=O) groups excluding carboxylic acids is 1. The molecule has 6 heteroatoms. The van der Waals surface area contributed by atoms with E-state index in [1.165, 1.54) is 36.2 Å². The molecule has 1 fully saturated rings. The molecule has 0 bridgehead atoms. The first-order chi connectivity index (χ1) is 13.4. The molecule has 150 valence electrons. The molecule has 28 heavy (non-hydrogen) atoms. The lowest BCUT2D eigenvalue weighted by molar-refractivity contribution is -0.137. The molecule has 0 unspecified atom stereocenters. The van der Waals surface area contributed by atoms with Gasteiger partial charge in [0.25, 0.3) is 5.91 Å². The van der Waals surface area contributed by atoms with Crippen LogP contribution in [0, 0.1) is 0 Å². The summed E-state index contributed by atoms with van der Waals surface area (Å²) in [6, 6.07) is 12.9. The van der Waals surface area contributed by atoms with Gasteiger partial charge >= 0.3 is 6.18 Å². The van der Waals surface area contributed by atoms with Crippen molar-refractivity contribution in [3.63, 3.8) is 0 Å². The molecule has 0 spiro atoms. The van der Waals surface area contributed by atoms with Crippen LogP contribution in [0.4, 0.5) is 13.2 Å². The fourth-order valence-electron chi connectivity index (χ4n) is 3.38. The molecule has 3 rings (SSSR count). The largest absolute Gasteiger partial charge is 0.416 e. The summed E-state index contributed by atoms with van der Waals surface area (Å²) in [5.74, 6) is 0.578. The first-order valence-corrected chi connectivity index (χ1v) is 10.6. The van der Waals surface area contributed by atoms with Crippen molar-refractivity contribution in [2.24, 2.45) is 0 Å². The molecule has 0 saturated carbocycles. The van der Waals surface area contributed by atoms with E-state index in [-0.39, 0.29) is 11.3 Å². The van der Waals surface area contributed by atoms with E-state index >= 15 is 0 Å². The Morgan fingerprint density at radius 1 is 1.14 bits per heavy atom. The summed E-state index contributed by atoms with van der Waals surface area (Å²) in [7, 11) is 0. The average Bonchev–Trinajstić information content (AvgIpc) is 3.17. The Hall–Kier alpha value is -1.95. The maximum atomic E-state index is 13.0. The van der Waals surface area contributed by atoms with Crippen molar-refractivity contribution in [1.82, 2.24) is 4.90 Å². The average molecular weight is 408 g/mol. The number of rotatable bonds is 6. The van der Waals surface area contributed by atoms with E-state index in [1.807, 2.05) is 24.3 Å². The normalized spacial score (nSPS) is 17.1. The number of thioether (sulfide) groups is 1. The van der Waals surface area contributed by atoms with E-state index < -0.39 is 11.7 Å². The third kappa shape index (κ3) is 4.90. The number of benzene rings is 2. The van der Waals surface area contributed by atoms with Crippen LogP contribution in [-0.2, 0) is 12.6 Å². The number of hydrogen-bond donors (Lipinski definition) is 0. The second kappa shape index (κ2) is 9.03. The van der Waals surface area contributed by atoms with Crippen molar-refractivity contribution in [3.8, 4) is 0 Å². The Morgan fingerprint density at radius 3 is 2.57 bits per heavy atom. The Labute approximate surface area is 168 Å². The summed E-state index contributed by atoms with van der Waals surface area (Å²) < 4.78 is 39.1. The third-order valence-corrected chi connectivity index (χ3v) is 6.18. The zero-order valence-electron chi connectivity index (χ0n) is 15.8. The molecule has 2 aromatic rings. The fraction of sp³-hybridized carbons (Fsp3) is 0.409. The van der Waals surface area contributed by atoms with Gasteiger partial charge in [0.2, 0.25) is 0 Å². The van der Waals surface area contributed by atoms with Gasteiger partial charge in [-0.2, -0.15) is 13.2 Å². The van der Waals surface area contributed by atoms with E-state index in [1.54, 1.807) is 11.0 Å². The van der Waals surface area contributed by atoms with Crippen LogP contribution in [0.5, 0.6) is 0 Å². The van der Waals surface area contributed by atoms with Crippen LogP contribution in [0.25, 0.3) is 0 Å². The van der Waals surface area contributed by atoms with E-state index in [0.29, 0.717) is 23.4 Å². The van der Waals surface area contributed by atoms with Gasteiger partial charge in [0.1, 0.15) is 5.37 Å². The van der Waals surface area contributed by atoms with E-state index in [2.05, 4.69) is 6.92 Å². The van der Waals surface area contributed by atoms with Gasteiger partial charge in [-0.3, -0.25) is 4.79 Å². The Kier molecular flexibility index (Phi) is 6.70. The van der Waals surface area contributed by atoms with Gasteiger partial charge in [-0.25, -0.2) is 0 Å². The number of amides is 1. The van der Waals surface area contributed by atoms with Crippen LogP contribution in [-0.4, -0.2) is 23.1 Å². The van der Waals surface area contributed by atoms with Crippen LogP contribution in [0.2, 0.25) is 0 Å². The monoisotopic (exact) mass is 407 g/mol. The highest BCUT2D eigenvalue weighted by Crippen LogP contribution is 2.40. The predicted octanol–water partition coefficient (Wildman–Crippen LogP) is 6.33. The summed E-state index contributed by atoms with van der Waals surface area (Å²) in [6.45, 7) is 2.69. The number of aryl methyl sites for hydroxylation is 1. The van der Waals surface area contributed by atoms with Crippen molar-refractivity contribution in [2.75, 3.05) is 12.3 Å². The Balaban J connectivity index is 1.74. The number of unbranched alkanes of at least 4 members (excludes halogenated alkanes) is 2. The summed E-state index contributed by atoms with van der Waals surface area (Å²) in [4.78, 5) is 14.6. The zero-order valence-corrected chi connectivity index (χ0v) is 16.7. The fourth-order valence-corrected chi connectivity index (χ4v) is 4.63. The van der Waals surface area contributed by atoms with Gasteiger partial charge in [-0.15, -0.1) is 11.8 Å². The first kappa shape index (κ1) is 20.8. The SMILES string of the molecule is CCCCCc1ccc(C(=O)N2CCS[C@@H]2c2cccc(C(F)(F)F)c2)cc1. The molecule has 0 N–H and O–H groups in total. The van der Waals surface area contributed by atoms with Gasteiger partial charge in [-0.1, -0.05) is 44.0 Å². The maximum absolute atomic E-state index is 13.0. The zero-order chi connectivity index (χ0) is 20.1. The second-order valence-electron chi connectivity index (χ2n) is 7.00. The topological polar surface area (TPSA) is 20.3 Å². The number of carbonyl (C=O) groups is 1. The standard InChI is InChI=1S/C22H24F3NOS/c1-2-3-4-6-16-9-11-17(12-10-16)20(27)26-13-14-28-21(26)18-7-5-8-19(15-18)22(23,24)25/h5,7-12,15,21H,2-4,6,13-14H2,1H3/t21-/m1/s1. The highest BCUT2D eigenvalue weighted by molar-refractivity contribution is 7.99. The molecular weight excluding hydrogens is 383 g/mol. The van der Waals surface area contributed by atoms with Gasteiger partial charge in [0.05, 0.1) is 5.56 Å². The van der Waals surface area contributed by atoms with Gasteiger partial charge < -0.3 is 4.90 Å². The van der Waals surface area contributed by atoms with E-state index in [9.17, 15) is 18.0 Å². The minimum Gasteiger partial charge on any atom is -0.322 e. The number of hydrogen-bond acceptors (Lipinski definition) is 2. The Bertz CT molecular complexity index is 804. The van der Waals surface area contributed by atoms with Crippen LogP contribution in [0.3, 0.4) is 0 Å². The molecule has 1 aliphatic heterocycles. The highest BCUT2D eigenvalue weighted by atomic mass is 32.2. The first-order valence-electron chi connectivity index (χ1n) is 9.59. The minimum atomic E-state index is -4.39. The predicted molar refractivity (Wildman–Crippen MR) is 107 cm³/mol. The number of halogens is 3. The van der Waals surface area contributed by atoms with Gasteiger partial charge in [0, 0.05) is 17.9 Å². The quantitative estimate of drug-likeness (QED) is 0.522. The third-order valence-electron chi connectivity index (χ3n) is 4.92. The van der Waals surface area contributed by atoms with Crippen molar-refractivity contribution in [1.29, 1.82) is 0 Å². The van der Waals surface area contributed by atoms with Crippen LogP contribution >= 0.6 is 11.8 Å². The van der Waals surface area contributed by atoms with Crippen molar-refractivity contribution in [2.45, 2.75) is 44.2 Å². The molecule has 0 radical (unpaired) electrons. The molecule has 1 heterocycles. The second-order valence-corrected chi connectivity index (χ2v) is 8.19. The summed E-state index contributed by atoms with van der Waals surface area (Å²) >= 11 is 1.50.